The van der Waals surface area contributed by atoms with Crippen molar-refractivity contribution in [2.75, 3.05) is 36.5 Å². The molecule has 206 valence electrons. The number of nitrogens with one attached hydrogen (secondary N) is 1. The average molecular weight is 561 g/mol. The van der Waals surface area contributed by atoms with Crippen LogP contribution in [0.1, 0.15) is 31.2 Å². The predicted molar refractivity (Wildman–Crippen MR) is 155 cm³/mol. The van der Waals surface area contributed by atoms with Crippen molar-refractivity contribution >= 4 is 40.8 Å². The first kappa shape index (κ1) is 27.6. The molecule has 9 nitrogen and oxygen atoms in total. The van der Waals surface area contributed by atoms with Gasteiger partial charge in [0.25, 0.3) is 0 Å². The zero-order valence-electron chi connectivity index (χ0n) is 21.9. The molecule has 0 unspecified atom stereocenters. The minimum absolute atomic E-state index is 0. The monoisotopic (exact) mass is 560 g/mol. The van der Waals surface area contributed by atoms with E-state index in [-0.39, 0.29) is 29.8 Å². The van der Waals surface area contributed by atoms with Gasteiger partial charge < -0.3 is 20.7 Å². The fourth-order valence-electron chi connectivity index (χ4n) is 4.97. The van der Waals surface area contributed by atoms with Crippen LogP contribution in [-0.2, 0) is 4.74 Å². The number of fused-ring (bicyclic) bond motifs is 1. The van der Waals surface area contributed by atoms with Gasteiger partial charge in [-0.2, -0.15) is 0 Å². The Balaban J connectivity index is 0.00000323. The topological polar surface area (TPSA) is 115 Å². The van der Waals surface area contributed by atoms with E-state index in [2.05, 4.69) is 47.0 Å². The van der Waals surface area contributed by atoms with E-state index in [1.54, 1.807) is 30.7 Å². The third-order valence-electron chi connectivity index (χ3n) is 7.02. The second kappa shape index (κ2) is 12.5. The van der Waals surface area contributed by atoms with Crippen molar-refractivity contribution in [1.29, 1.82) is 0 Å². The molecule has 6 rings (SSSR count). The summed E-state index contributed by atoms with van der Waals surface area (Å²) >= 11 is 0. The molecule has 0 aliphatic carbocycles. The standard InChI is InChI=1S/C29H29FN8O.ClH/c30-23-15-25-24(32-9-10-33-25)14-22(23)29-34-8-5-27(37-29)36-28-16-26(38-11-1-2-21(31)18-38)20(17-35-28)4-3-19-6-12-39-13-7-19;/h5,8-10,14-17,19,21H,1-2,6-7,11-13,18,31H2,(H,34,35,36,37);1H/t21-;/m0./s1. The van der Waals surface area contributed by atoms with Gasteiger partial charge in [0, 0.05) is 75.2 Å². The zero-order valence-corrected chi connectivity index (χ0v) is 22.7. The number of anilines is 3. The number of hydrogen-bond donors (Lipinski definition) is 2. The molecule has 0 spiro atoms. The maximum atomic E-state index is 14.9. The molecule has 5 heterocycles. The van der Waals surface area contributed by atoms with Crippen LogP contribution in [0.3, 0.4) is 0 Å². The molecule has 2 aliphatic heterocycles. The highest BCUT2D eigenvalue weighted by molar-refractivity contribution is 5.85. The summed E-state index contributed by atoms with van der Waals surface area (Å²) in [6.07, 6.45) is 10.4. The quantitative estimate of drug-likeness (QED) is 0.348. The van der Waals surface area contributed by atoms with Crippen molar-refractivity contribution in [3.8, 4) is 23.2 Å². The number of nitrogens with two attached hydrogens (primary N) is 1. The Morgan fingerprint density at radius 2 is 1.77 bits per heavy atom. The highest BCUT2D eigenvalue weighted by atomic mass is 35.5. The Kier molecular flexibility index (Phi) is 8.65. The summed E-state index contributed by atoms with van der Waals surface area (Å²) < 4.78 is 20.4. The van der Waals surface area contributed by atoms with Gasteiger partial charge >= 0.3 is 0 Å². The second-order valence-electron chi connectivity index (χ2n) is 9.86. The lowest BCUT2D eigenvalue weighted by molar-refractivity contribution is 0.0807. The fraction of sp³-hybridized carbons (Fsp3) is 0.345. The Labute approximate surface area is 238 Å². The van der Waals surface area contributed by atoms with E-state index in [1.165, 1.54) is 12.3 Å². The van der Waals surface area contributed by atoms with Gasteiger partial charge in [-0.05, 0) is 37.8 Å². The molecule has 0 saturated carbocycles. The summed E-state index contributed by atoms with van der Waals surface area (Å²) in [5.41, 5.74) is 9.47. The predicted octanol–water partition coefficient (Wildman–Crippen LogP) is 4.49. The van der Waals surface area contributed by atoms with E-state index < -0.39 is 5.82 Å². The van der Waals surface area contributed by atoms with E-state index in [4.69, 9.17) is 10.5 Å². The molecule has 3 N–H and O–H groups in total. The summed E-state index contributed by atoms with van der Waals surface area (Å²) in [5, 5.41) is 3.26. The molecule has 11 heteroatoms. The zero-order chi connectivity index (χ0) is 26.6. The number of piperidine rings is 1. The van der Waals surface area contributed by atoms with E-state index in [0.29, 0.717) is 28.6 Å². The number of aromatic nitrogens is 5. The van der Waals surface area contributed by atoms with E-state index >= 15 is 0 Å². The number of pyridine rings is 1. The van der Waals surface area contributed by atoms with Crippen LogP contribution in [0.25, 0.3) is 22.4 Å². The summed E-state index contributed by atoms with van der Waals surface area (Å²) in [4.78, 5) is 24.2. The third-order valence-corrected chi connectivity index (χ3v) is 7.02. The van der Waals surface area contributed by atoms with Crippen LogP contribution in [0.2, 0.25) is 0 Å². The van der Waals surface area contributed by atoms with Gasteiger partial charge in [0.2, 0.25) is 0 Å². The van der Waals surface area contributed by atoms with Gasteiger partial charge in [0.15, 0.2) is 5.82 Å². The number of rotatable bonds is 4. The smallest absolute Gasteiger partial charge is 0.164 e. The van der Waals surface area contributed by atoms with Crippen LogP contribution >= 0.6 is 12.4 Å². The van der Waals surface area contributed by atoms with Gasteiger partial charge in [-0.1, -0.05) is 11.8 Å². The summed E-state index contributed by atoms with van der Waals surface area (Å²) in [6.45, 7) is 3.18. The van der Waals surface area contributed by atoms with Gasteiger partial charge in [0.05, 0.1) is 27.8 Å². The van der Waals surface area contributed by atoms with Gasteiger partial charge in [-0.25, -0.2) is 19.3 Å². The van der Waals surface area contributed by atoms with Crippen molar-refractivity contribution in [3.63, 3.8) is 0 Å². The van der Waals surface area contributed by atoms with Crippen LogP contribution in [0, 0.1) is 23.6 Å². The van der Waals surface area contributed by atoms with Gasteiger partial charge in [-0.3, -0.25) is 9.97 Å². The number of halogens is 2. The second-order valence-corrected chi connectivity index (χ2v) is 9.86. The Morgan fingerprint density at radius 1 is 0.975 bits per heavy atom. The number of ether oxygens (including phenoxy) is 1. The maximum Gasteiger partial charge on any atom is 0.164 e. The van der Waals surface area contributed by atoms with Gasteiger partial charge in [0.1, 0.15) is 17.5 Å². The molecule has 3 aromatic heterocycles. The minimum Gasteiger partial charge on any atom is -0.381 e. The summed E-state index contributed by atoms with van der Waals surface area (Å²) in [7, 11) is 0. The molecule has 40 heavy (non-hydrogen) atoms. The van der Waals surface area contributed by atoms with Gasteiger partial charge in [-0.15, -0.1) is 12.4 Å². The lowest BCUT2D eigenvalue weighted by atomic mass is 10.0. The molecule has 1 atom stereocenters. The normalized spacial score (nSPS) is 17.6. The van der Waals surface area contributed by atoms with Crippen LogP contribution in [-0.4, -0.2) is 57.3 Å². The molecule has 4 aromatic rings. The average Bonchev–Trinajstić information content (AvgIpc) is 2.97. The molecule has 2 saturated heterocycles. The molecule has 2 fully saturated rings. The van der Waals surface area contributed by atoms with Crippen molar-refractivity contribution in [2.45, 2.75) is 31.7 Å². The van der Waals surface area contributed by atoms with E-state index in [1.807, 2.05) is 6.07 Å². The summed E-state index contributed by atoms with van der Waals surface area (Å²) in [6, 6.07) is 6.78. The highest BCUT2D eigenvalue weighted by Crippen LogP contribution is 2.28. The Morgan fingerprint density at radius 3 is 2.58 bits per heavy atom. The Bertz CT molecular complexity index is 1550. The first-order valence-corrected chi connectivity index (χ1v) is 13.2. The van der Waals surface area contributed by atoms with E-state index in [9.17, 15) is 4.39 Å². The first-order chi connectivity index (χ1) is 19.1. The summed E-state index contributed by atoms with van der Waals surface area (Å²) in [5.74, 6) is 8.02. The molecular formula is C29H30ClFN8O. The number of nitrogens with zero attached hydrogens (tertiary/aromatic N) is 6. The van der Waals surface area contributed by atoms with E-state index in [0.717, 1.165) is 63.2 Å². The first-order valence-electron chi connectivity index (χ1n) is 13.2. The lowest BCUT2D eigenvalue weighted by Crippen LogP contribution is -2.43. The van der Waals surface area contributed by atoms with Crippen LogP contribution < -0.4 is 16.0 Å². The van der Waals surface area contributed by atoms with Crippen molar-refractivity contribution in [1.82, 2.24) is 24.9 Å². The van der Waals surface area contributed by atoms with Crippen molar-refractivity contribution in [3.05, 3.63) is 60.4 Å². The molecule has 2 aliphatic rings. The molecule has 0 bridgehead atoms. The molecule has 1 aromatic carbocycles. The molecule has 0 amide bonds. The van der Waals surface area contributed by atoms with Crippen molar-refractivity contribution < 1.29 is 9.13 Å². The number of hydrogen-bond acceptors (Lipinski definition) is 9. The fourth-order valence-corrected chi connectivity index (χ4v) is 4.97. The third kappa shape index (κ3) is 6.28. The SMILES string of the molecule is Cl.N[C@H]1CCCN(c2cc(Nc3ccnc(-c4cc5nccnc5cc4F)n3)ncc2C#CC2CCOCC2)C1. The van der Waals surface area contributed by atoms with Crippen molar-refractivity contribution in [2.24, 2.45) is 11.7 Å². The minimum atomic E-state index is -0.463. The molecule has 0 radical (unpaired) electrons. The van der Waals surface area contributed by atoms with Crippen LogP contribution in [0.5, 0.6) is 0 Å². The van der Waals surface area contributed by atoms with Crippen LogP contribution in [0.4, 0.5) is 21.7 Å². The molecular weight excluding hydrogens is 531 g/mol. The lowest BCUT2D eigenvalue weighted by Gasteiger charge is -2.33. The number of benzene rings is 1. The highest BCUT2D eigenvalue weighted by Gasteiger charge is 2.20. The maximum absolute atomic E-state index is 14.9. The largest absolute Gasteiger partial charge is 0.381 e. The Hall–Kier alpha value is -3.91. The van der Waals surface area contributed by atoms with Crippen LogP contribution in [0.15, 0.2) is 49.1 Å².